The Hall–Kier alpha value is -1.26. The van der Waals surface area contributed by atoms with Crippen molar-refractivity contribution in [3.8, 4) is 0 Å². The van der Waals surface area contributed by atoms with E-state index >= 15 is 0 Å². The monoisotopic (exact) mass is 289 g/mol. The number of carbonyl (C=O) groups is 2. The molecule has 1 unspecified atom stereocenters. The molecule has 1 aromatic rings. The molecule has 1 atom stereocenters. The van der Waals surface area contributed by atoms with Crippen molar-refractivity contribution in [1.82, 2.24) is 5.32 Å². The molecule has 0 heterocycles. The molecule has 0 aromatic heterocycles. The summed E-state index contributed by atoms with van der Waals surface area (Å²) in [5.41, 5.74) is 0.261. The van der Waals surface area contributed by atoms with E-state index in [4.69, 9.17) is 27.9 Å². The highest BCUT2D eigenvalue weighted by Crippen LogP contribution is 2.20. The predicted octanol–water partition coefficient (Wildman–Crippen LogP) is 2.67. The van der Waals surface area contributed by atoms with E-state index in [2.05, 4.69) is 5.32 Å². The zero-order valence-corrected chi connectivity index (χ0v) is 11.5. The Bertz CT molecular complexity index is 463. The lowest BCUT2D eigenvalue weighted by Crippen LogP contribution is -2.39. The minimum absolute atomic E-state index is 0.232. The van der Waals surface area contributed by atoms with Crippen molar-refractivity contribution in [2.24, 2.45) is 0 Å². The smallest absolute Gasteiger partial charge is 0.328 e. The van der Waals surface area contributed by atoms with Gasteiger partial charge in [0.25, 0.3) is 5.91 Å². The molecule has 0 spiro atoms. The van der Waals surface area contributed by atoms with Crippen molar-refractivity contribution in [3.63, 3.8) is 0 Å². The third kappa shape index (κ3) is 3.89. The molecule has 6 heteroatoms. The number of benzene rings is 1. The highest BCUT2D eigenvalue weighted by Gasteiger charge is 2.19. The fourth-order valence-electron chi connectivity index (χ4n) is 1.27. The highest BCUT2D eigenvalue weighted by atomic mass is 35.5. The zero-order chi connectivity index (χ0) is 13.7. The first-order valence-electron chi connectivity index (χ1n) is 5.38. The van der Waals surface area contributed by atoms with Crippen molar-refractivity contribution in [1.29, 1.82) is 0 Å². The summed E-state index contributed by atoms with van der Waals surface area (Å²) in [6, 6.07) is 3.78. The first-order chi connectivity index (χ1) is 8.45. The van der Waals surface area contributed by atoms with E-state index in [0.717, 1.165) is 0 Å². The Balaban J connectivity index is 2.73. The van der Waals surface area contributed by atoms with Crippen LogP contribution in [0.15, 0.2) is 18.2 Å². The quantitative estimate of drug-likeness (QED) is 0.867. The summed E-state index contributed by atoms with van der Waals surface area (Å²) < 4.78 is 4.78. The molecule has 0 saturated carbocycles. The van der Waals surface area contributed by atoms with Crippen molar-refractivity contribution in [3.05, 3.63) is 33.8 Å². The molecule has 1 aromatic carbocycles. The first-order valence-corrected chi connectivity index (χ1v) is 6.13. The average Bonchev–Trinajstić information content (AvgIpc) is 2.28. The molecule has 4 nitrogen and oxygen atoms in total. The Morgan fingerprint density at radius 1 is 1.39 bits per heavy atom. The van der Waals surface area contributed by atoms with Crippen LogP contribution in [0.3, 0.4) is 0 Å². The summed E-state index contributed by atoms with van der Waals surface area (Å²) in [6.07, 6.45) is 0. The van der Waals surface area contributed by atoms with Gasteiger partial charge in [-0.1, -0.05) is 23.2 Å². The Morgan fingerprint density at radius 2 is 2.06 bits per heavy atom. The maximum Gasteiger partial charge on any atom is 0.328 e. The topological polar surface area (TPSA) is 55.4 Å². The number of halogens is 2. The molecular formula is C12H13Cl2NO3. The predicted molar refractivity (Wildman–Crippen MR) is 70.0 cm³/mol. The number of ether oxygens (including phenoxy) is 1. The molecule has 98 valence electrons. The van der Waals surface area contributed by atoms with Gasteiger partial charge in [0.2, 0.25) is 0 Å². The molecule has 1 N–H and O–H groups in total. The van der Waals surface area contributed by atoms with Gasteiger partial charge in [-0.05, 0) is 32.0 Å². The standard InChI is InChI=1S/C12H13Cl2NO3/c1-3-18-12(17)7(2)15-11(16)9-5-4-8(13)6-10(9)14/h4-7H,3H2,1-2H3,(H,15,16). The largest absolute Gasteiger partial charge is 0.464 e. The van der Waals surface area contributed by atoms with Crippen LogP contribution in [0.25, 0.3) is 0 Å². The van der Waals surface area contributed by atoms with Crippen LogP contribution in [-0.4, -0.2) is 24.5 Å². The molecule has 1 amide bonds. The molecule has 0 aliphatic rings. The molecule has 1 rings (SSSR count). The summed E-state index contributed by atoms with van der Waals surface area (Å²) in [5.74, 6) is -0.937. The number of hydrogen-bond acceptors (Lipinski definition) is 3. The SMILES string of the molecule is CCOC(=O)C(C)NC(=O)c1ccc(Cl)cc1Cl. The van der Waals surface area contributed by atoms with Crippen LogP contribution >= 0.6 is 23.2 Å². The fourth-order valence-corrected chi connectivity index (χ4v) is 1.77. The molecule has 0 saturated heterocycles. The number of hydrogen-bond donors (Lipinski definition) is 1. The van der Waals surface area contributed by atoms with E-state index in [1.807, 2.05) is 0 Å². The second-order valence-electron chi connectivity index (χ2n) is 3.57. The number of carbonyl (C=O) groups excluding carboxylic acids is 2. The number of amides is 1. The lowest BCUT2D eigenvalue weighted by molar-refractivity contribution is -0.144. The van der Waals surface area contributed by atoms with Gasteiger partial charge in [-0.2, -0.15) is 0 Å². The maximum absolute atomic E-state index is 11.8. The fraction of sp³-hybridized carbons (Fsp3) is 0.333. The van der Waals surface area contributed by atoms with E-state index in [1.165, 1.54) is 12.1 Å². The van der Waals surface area contributed by atoms with E-state index in [-0.39, 0.29) is 17.2 Å². The molecule has 0 fully saturated rings. The lowest BCUT2D eigenvalue weighted by Gasteiger charge is -2.13. The molecule has 0 radical (unpaired) electrons. The highest BCUT2D eigenvalue weighted by molar-refractivity contribution is 6.36. The summed E-state index contributed by atoms with van der Waals surface area (Å²) >= 11 is 11.6. The summed E-state index contributed by atoms with van der Waals surface area (Å²) in [6.45, 7) is 3.50. The lowest BCUT2D eigenvalue weighted by atomic mass is 10.2. The van der Waals surface area contributed by atoms with Crippen molar-refractivity contribution in [2.75, 3.05) is 6.61 Å². The van der Waals surface area contributed by atoms with Gasteiger partial charge < -0.3 is 10.1 Å². The molecule has 0 bridgehead atoms. The molecule has 18 heavy (non-hydrogen) atoms. The van der Waals surface area contributed by atoms with Gasteiger partial charge in [0.1, 0.15) is 6.04 Å². The van der Waals surface area contributed by atoms with E-state index < -0.39 is 17.9 Å². The zero-order valence-electron chi connectivity index (χ0n) is 10.00. The number of nitrogens with one attached hydrogen (secondary N) is 1. The van der Waals surface area contributed by atoms with Crippen LogP contribution in [0.2, 0.25) is 10.0 Å². The first kappa shape index (κ1) is 14.8. The van der Waals surface area contributed by atoms with Gasteiger partial charge in [-0.15, -0.1) is 0 Å². The van der Waals surface area contributed by atoms with Crippen LogP contribution in [0.1, 0.15) is 24.2 Å². The summed E-state index contributed by atoms with van der Waals surface area (Å²) in [7, 11) is 0. The average molecular weight is 290 g/mol. The van der Waals surface area contributed by atoms with Crippen molar-refractivity contribution < 1.29 is 14.3 Å². The minimum atomic E-state index is -0.732. The summed E-state index contributed by atoms with van der Waals surface area (Å²) in [4.78, 5) is 23.2. The Morgan fingerprint density at radius 3 is 2.61 bits per heavy atom. The van der Waals surface area contributed by atoms with Crippen LogP contribution in [0, 0.1) is 0 Å². The second kappa shape index (κ2) is 6.61. The van der Waals surface area contributed by atoms with Crippen LogP contribution in [0.4, 0.5) is 0 Å². The van der Waals surface area contributed by atoms with E-state index in [1.54, 1.807) is 19.9 Å². The Labute approximate surface area is 115 Å². The Kier molecular flexibility index (Phi) is 5.44. The molecule has 0 aliphatic carbocycles. The number of esters is 1. The molecule has 0 aliphatic heterocycles. The third-order valence-electron chi connectivity index (χ3n) is 2.16. The van der Waals surface area contributed by atoms with Gasteiger partial charge in [-0.3, -0.25) is 4.79 Å². The third-order valence-corrected chi connectivity index (χ3v) is 2.71. The van der Waals surface area contributed by atoms with Gasteiger partial charge in [0.15, 0.2) is 0 Å². The normalized spacial score (nSPS) is 11.8. The minimum Gasteiger partial charge on any atom is -0.464 e. The van der Waals surface area contributed by atoms with Crippen LogP contribution < -0.4 is 5.32 Å². The maximum atomic E-state index is 11.8. The van der Waals surface area contributed by atoms with Gasteiger partial charge in [0, 0.05) is 5.02 Å². The number of rotatable bonds is 4. The van der Waals surface area contributed by atoms with Crippen molar-refractivity contribution in [2.45, 2.75) is 19.9 Å². The van der Waals surface area contributed by atoms with Crippen molar-refractivity contribution >= 4 is 35.1 Å². The van der Waals surface area contributed by atoms with Crippen LogP contribution in [-0.2, 0) is 9.53 Å². The second-order valence-corrected chi connectivity index (χ2v) is 4.42. The molecular weight excluding hydrogens is 277 g/mol. The van der Waals surface area contributed by atoms with Gasteiger partial charge in [-0.25, -0.2) is 4.79 Å². The van der Waals surface area contributed by atoms with E-state index in [0.29, 0.717) is 5.02 Å². The van der Waals surface area contributed by atoms with Gasteiger partial charge in [0.05, 0.1) is 17.2 Å². The van der Waals surface area contributed by atoms with E-state index in [9.17, 15) is 9.59 Å². The summed E-state index contributed by atoms with van der Waals surface area (Å²) in [5, 5.41) is 3.17. The van der Waals surface area contributed by atoms with Crippen LogP contribution in [0.5, 0.6) is 0 Å². The van der Waals surface area contributed by atoms with Gasteiger partial charge >= 0.3 is 5.97 Å².